The minimum absolute atomic E-state index is 0.0391. The third-order valence-electron chi connectivity index (χ3n) is 3.38. The number of nitrogen functional groups attached to an aromatic ring is 1. The molecule has 2 aromatic rings. The predicted octanol–water partition coefficient (Wildman–Crippen LogP) is 2.34. The second kappa shape index (κ2) is 8.28. The zero-order chi connectivity index (χ0) is 20.2. The van der Waals surface area contributed by atoms with Gasteiger partial charge < -0.3 is 15.2 Å². The molecular formula is C17H17ClN2O6S. The first-order chi connectivity index (χ1) is 12.6. The highest BCUT2D eigenvalue weighted by molar-refractivity contribution is 7.92. The molecule has 0 amide bonds. The second-order valence-corrected chi connectivity index (χ2v) is 7.68. The highest BCUT2D eigenvalue weighted by atomic mass is 35.5. The molecule has 10 heteroatoms. The minimum Gasteiger partial charge on any atom is -0.496 e. The first-order valence-corrected chi connectivity index (χ1v) is 9.79. The Morgan fingerprint density at radius 2 is 1.81 bits per heavy atom. The smallest absolute Gasteiger partial charge is 0.342 e. The van der Waals surface area contributed by atoms with Crippen molar-refractivity contribution < 1.29 is 27.5 Å². The number of ketones is 1. The van der Waals surface area contributed by atoms with Gasteiger partial charge in [0.1, 0.15) is 11.3 Å². The van der Waals surface area contributed by atoms with Gasteiger partial charge in [0.15, 0.2) is 12.4 Å². The van der Waals surface area contributed by atoms with E-state index in [1.165, 1.54) is 43.5 Å². The Morgan fingerprint density at radius 3 is 2.37 bits per heavy atom. The molecule has 0 saturated heterocycles. The number of ether oxygens (including phenoxy) is 2. The third kappa shape index (κ3) is 5.60. The van der Waals surface area contributed by atoms with Crippen molar-refractivity contribution in [1.82, 2.24) is 0 Å². The molecule has 0 saturated carbocycles. The van der Waals surface area contributed by atoms with Gasteiger partial charge in [0.2, 0.25) is 10.0 Å². The Balaban J connectivity index is 2.05. The first kappa shape index (κ1) is 20.5. The maximum Gasteiger partial charge on any atom is 0.342 e. The van der Waals surface area contributed by atoms with E-state index in [9.17, 15) is 18.0 Å². The summed E-state index contributed by atoms with van der Waals surface area (Å²) in [6.45, 7) is -0.511. The number of hydrogen-bond donors (Lipinski definition) is 2. The zero-order valence-corrected chi connectivity index (χ0v) is 16.1. The number of sulfonamides is 1. The number of Topliss-reactive ketones (excluding diaryl/α,β-unsaturated/α-hetero) is 1. The van der Waals surface area contributed by atoms with Crippen LogP contribution in [0.25, 0.3) is 0 Å². The molecule has 2 aromatic carbocycles. The fourth-order valence-electron chi connectivity index (χ4n) is 2.13. The van der Waals surface area contributed by atoms with E-state index in [4.69, 9.17) is 26.8 Å². The number of esters is 1. The highest BCUT2D eigenvalue weighted by Crippen LogP contribution is 2.29. The Hall–Kier alpha value is -2.78. The van der Waals surface area contributed by atoms with E-state index in [-0.39, 0.29) is 27.6 Å². The Morgan fingerprint density at radius 1 is 1.19 bits per heavy atom. The number of nitrogens with two attached hydrogens (primary N) is 1. The molecule has 0 aliphatic rings. The minimum atomic E-state index is -3.41. The summed E-state index contributed by atoms with van der Waals surface area (Å²) < 4.78 is 34.7. The number of halogens is 1. The van der Waals surface area contributed by atoms with Gasteiger partial charge in [-0.2, -0.15) is 0 Å². The van der Waals surface area contributed by atoms with Crippen molar-refractivity contribution in [2.45, 2.75) is 0 Å². The van der Waals surface area contributed by atoms with Crippen molar-refractivity contribution in [3.8, 4) is 5.75 Å². The van der Waals surface area contributed by atoms with Crippen LogP contribution in [0.2, 0.25) is 5.02 Å². The molecule has 0 heterocycles. The maximum atomic E-state index is 12.2. The normalized spacial score (nSPS) is 10.9. The lowest BCUT2D eigenvalue weighted by atomic mass is 10.1. The number of nitrogens with one attached hydrogen (secondary N) is 1. The molecule has 0 fully saturated rings. The second-order valence-electron chi connectivity index (χ2n) is 5.52. The zero-order valence-electron chi connectivity index (χ0n) is 14.5. The number of carbonyl (C=O) groups is 2. The summed E-state index contributed by atoms with van der Waals surface area (Å²) in [7, 11) is -2.05. The molecule has 0 spiro atoms. The number of methoxy groups -OCH3 is 1. The summed E-state index contributed by atoms with van der Waals surface area (Å²) in [5.41, 5.74) is 6.50. The average molecular weight is 413 g/mol. The van der Waals surface area contributed by atoms with Crippen LogP contribution >= 0.6 is 11.6 Å². The molecule has 0 aliphatic heterocycles. The van der Waals surface area contributed by atoms with E-state index in [0.29, 0.717) is 5.69 Å². The van der Waals surface area contributed by atoms with Crippen molar-refractivity contribution in [2.24, 2.45) is 0 Å². The average Bonchev–Trinajstić information content (AvgIpc) is 2.60. The molecule has 27 heavy (non-hydrogen) atoms. The largest absolute Gasteiger partial charge is 0.496 e. The third-order valence-corrected chi connectivity index (χ3v) is 4.32. The summed E-state index contributed by atoms with van der Waals surface area (Å²) in [5.74, 6) is -1.09. The Labute approximate surface area is 161 Å². The van der Waals surface area contributed by atoms with Crippen LogP contribution in [-0.4, -0.2) is 40.1 Å². The Bertz CT molecular complexity index is 974. The van der Waals surface area contributed by atoms with Gasteiger partial charge in [-0.15, -0.1) is 0 Å². The van der Waals surface area contributed by atoms with Gasteiger partial charge in [-0.3, -0.25) is 9.52 Å². The molecule has 0 aliphatic carbocycles. The van der Waals surface area contributed by atoms with Gasteiger partial charge in [0.05, 0.1) is 24.1 Å². The SMILES string of the molecule is COc1cc(N)c(Cl)cc1C(=O)OCC(=O)c1ccc(NS(C)(=O)=O)cc1. The molecule has 0 atom stereocenters. The van der Waals surface area contributed by atoms with Crippen LogP contribution in [0.3, 0.4) is 0 Å². The van der Waals surface area contributed by atoms with Crippen LogP contribution in [0.15, 0.2) is 36.4 Å². The lowest BCUT2D eigenvalue weighted by Crippen LogP contribution is -2.15. The topological polar surface area (TPSA) is 125 Å². The van der Waals surface area contributed by atoms with E-state index < -0.39 is 28.4 Å². The van der Waals surface area contributed by atoms with Crippen molar-refractivity contribution in [3.63, 3.8) is 0 Å². The maximum absolute atomic E-state index is 12.2. The van der Waals surface area contributed by atoms with Gasteiger partial charge >= 0.3 is 5.97 Å². The number of carbonyl (C=O) groups excluding carboxylic acids is 2. The number of anilines is 2. The van der Waals surface area contributed by atoms with Gasteiger partial charge in [-0.1, -0.05) is 11.6 Å². The van der Waals surface area contributed by atoms with Gasteiger partial charge in [-0.05, 0) is 30.3 Å². The van der Waals surface area contributed by atoms with Crippen LogP contribution < -0.4 is 15.2 Å². The van der Waals surface area contributed by atoms with Gasteiger partial charge in [0, 0.05) is 17.3 Å². The molecule has 0 radical (unpaired) electrons. The summed E-state index contributed by atoms with van der Waals surface area (Å²) in [4.78, 5) is 24.4. The fraction of sp³-hybridized carbons (Fsp3) is 0.176. The molecular weight excluding hydrogens is 396 g/mol. The molecule has 3 N–H and O–H groups in total. The number of rotatable bonds is 7. The number of hydrogen-bond acceptors (Lipinski definition) is 7. The van der Waals surface area contributed by atoms with Crippen LogP contribution in [-0.2, 0) is 14.8 Å². The van der Waals surface area contributed by atoms with E-state index >= 15 is 0 Å². The van der Waals surface area contributed by atoms with Crippen molar-refractivity contribution >= 4 is 44.8 Å². The van der Waals surface area contributed by atoms with E-state index in [0.717, 1.165) is 6.26 Å². The first-order valence-electron chi connectivity index (χ1n) is 7.52. The lowest BCUT2D eigenvalue weighted by molar-refractivity contribution is 0.0471. The van der Waals surface area contributed by atoms with Crippen molar-refractivity contribution in [1.29, 1.82) is 0 Å². The molecule has 0 bridgehead atoms. The predicted molar refractivity (Wildman–Crippen MR) is 102 cm³/mol. The number of benzene rings is 2. The van der Waals surface area contributed by atoms with Crippen molar-refractivity contribution in [3.05, 3.63) is 52.5 Å². The fourth-order valence-corrected chi connectivity index (χ4v) is 2.86. The van der Waals surface area contributed by atoms with Crippen LogP contribution in [0.4, 0.5) is 11.4 Å². The quantitative estimate of drug-likeness (QED) is 0.406. The summed E-state index contributed by atoms with van der Waals surface area (Å²) in [6.07, 6.45) is 1.02. The molecule has 144 valence electrons. The molecule has 2 rings (SSSR count). The van der Waals surface area contributed by atoms with Crippen LogP contribution in [0.5, 0.6) is 5.75 Å². The summed E-state index contributed by atoms with van der Waals surface area (Å²) in [6, 6.07) is 8.38. The van der Waals surface area contributed by atoms with Gasteiger partial charge in [-0.25, -0.2) is 13.2 Å². The lowest BCUT2D eigenvalue weighted by Gasteiger charge is -2.10. The van der Waals surface area contributed by atoms with E-state index in [2.05, 4.69) is 4.72 Å². The highest BCUT2D eigenvalue weighted by Gasteiger charge is 2.18. The molecule has 0 unspecified atom stereocenters. The van der Waals surface area contributed by atoms with Crippen LogP contribution in [0, 0.1) is 0 Å². The molecule has 8 nitrogen and oxygen atoms in total. The summed E-state index contributed by atoms with van der Waals surface area (Å²) in [5, 5.41) is 0.156. The van der Waals surface area contributed by atoms with Crippen LogP contribution in [0.1, 0.15) is 20.7 Å². The van der Waals surface area contributed by atoms with Crippen molar-refractivity contribution in [2.75, 3.05) is 30.4 Å². The van der Waals surface area contributed by atoms with E-state index in [1.807, 2.05) is 0 Å². The monoisotopic (exact) mass is 412 g/mol. The van der Waals surface area contributed by atoms with E-state index in [1.54, 1.807) is 0 Å². The molecule has 0 aromatic heterocycles. The van der Waals surface area contributed by atoms with Gasteiger partial charge in [0.25, 0.3) is 0 Å². The Kier molecular flexibility index (Phi) is 6.29. The standard InChI is InChI=1S/C17H17ClN2O6S/c1-25-16-8-14(19)13(18)7-12(16)17(22)26-9-15(21)10-3-5-11(6-4-10)20-27(2,23)24/h3-8,20H,9,19H2,1-2H3. The summed E-state index contributed by atoms with van der Waals surface area (Å²) >= 11 is 5.90.